The van der Waals surface area contributed by atoms with Crippen LogP contribution in [0.25, 0.3) is 0 Å². The Labute approximate surface area is 77.2 Å². The molecule has 0 aromatic carbocycles. The summed E-state index contributed by atoms with van der Waals surface area (Å²) in [5.74, 6) is 0. The van der Waals surface area contributed by atoms with E-state index in [2.05, 4.69) is 26.3 Å². The number of nitrogens with zero attached hydrogens (tertiary/aromatic N) is 3. The minimum absolute atomic E-state index is 0.0456. The van der Waals surface area contributed by atoms with Crippen LogP contribution in [0, 0.1) is 11.3 Å². The number of aliphatic hydroxyl groups is 2. The summed E-state index contributed by atoms with van der Waals surface area (Å²) in [5.41, 5.74) is 0. The molecular weight excluding hydrogens is 228 g/mol. The third kappa shape index (κ3) is 1.92. The van der Waals surface area contributed by atoms with Gasteiger partial charge in [0.1, 0.15) is 11.2 Å². The number of hydrazone groups is 1. The van der Waals surface area contributed by atoms with Crippen molar-refractivity contribution in [3.8, 4) is 6.07 Å². The van der Waals surface area contributed by atoms with Crippen molar-refractivity contribution in [1.82, 2.24) is 10.3 Å². The fourth-order valence-corrected chi connectivity index (χ4v) is 1.06. The van der Waals surface area contributed by atoms with E-state index in [1.165, 1.54) is 0 Å². The van der Waals surface area contributed by atoms with E-state index in [9.17, 15) is 0 Å². The Morgan fingerprint density at radius 2 is 2.42 bits per heavy atom. The van der Waals surface area contributed by atoms with Crippen LogP contribution in [-0.2, 0) is 0 Å². The lowest BCUT2D eigenvalue weighted by atomic mass is 10.5. The highest BCUT2D eigenvalue weighted by molar-refractivity contribution is 9.18. The number of nitrogens with one attached hydrogen (secondary N) is 1. The van der Waals surface area contributed by atoms with E-state index < -0.39 is 12.6 Å². The van der Waals surface area contributed by atoms with Crippen LogP contribution in [0.5, 0.6) is 0 Å². The van der Waals surface area contributed by atoms with Gasteiger partial charge >= 0.3 is 0 Å². The van der Waals surface area contributed by atoms with Crippen LogP contribution in [0.1, 0.15) is 0 Å². The maximum absolute atomic E-state index is 9.16. The second-order valence-electron chi connectivity index (χ2n) is 2.12. The molecule has 3 N–H and O–H groups in total. The molecule has 0 aliphatic carbocycles. The molecule has 0 saturated carbocycles. The number of hydrogen-bond donors (Lipinski definition) is 3. The van der Waals surface area contributed by atoms with E-state index in [-0.39, 0.29) is 11.2 Å². The van der Waals surface area contributed by atoms with Crippen molar-refractivity contribution in [3.63, 3.8) is 0 Å². The molecule has 0 saturated heterocycles. The van der Waals surface area contributed by atoms with Gasteiger partial charge in [-0.1, -0.05) is 0 Å². The van der Waals surface area contributed by atoms with E-state index in [0.717, 1.165) is 5.01 Å². The van der Waals surface area contributed by atoms with Gasteiger partial charge in [0.25, 0.3) is 0 Å². The van der Waals surface area contributed by atoms with Crippen molar-refractivity contribution >= 4 is 20.6 Å². The molecule has 12 heavy (non-hydrogen) atoms. The first-order valence-corrected chi connectivity index (χ1v) is 3.94. The van der Waals surface area contributed by atoms with Gasteiger partial charge in [0, 0.05) is 0 Å². The first-order chi connectivity index (χ1) is 5.65. The van der Waals surface area contributed by atoms with E-state index in [1.807, 2.05) is 6.07 Å². The average molecular weight is 235 g/mol. The molecule has 0 aromatic rings. The summed E-state index contributed by atoms with van der Waals surface area (Å²) in [4.78, 5) is 0. The molecule has 0 aromatic heterocycles. The lowest BCUT2D eigenvalue weighted by Crippen LogP contribution is -2.54. The van der Waals surface area contributed by atoms with Crippen LogP contribution in [0.4, 0.5) is 0 Å². The molecular formula is C5H7BrN4O2. The summed E-state index contributed by atoms with van der Waals surface area (Å²) >= 11 is 2.97. The van der Waals surface area contributed by atoms with Crippen molar-refractivity contribution in [1.29, 1.82) is 5.26 Å². The van der Waals surface area contributed by atoms with Crippen LogP contribution >= 0.6 is 15.9 Å². The Balaban J connectivity index is 2.70. The minimum atomic E-state index is -1.12. The van der Waals surface area contributed by atoms with Crippen molar-refractivity contribution < 1.29 is 10.2 Å². The third-order valence-electron chi connectivity index (χ3n) is 1.27. The molecule has 0 spiro atoms. The zero-order valence-corrected chi connectivity index (χ0v) is 7.56. The van der Waals surface area contributed by atoms with Gasteiger partial charge in [0.05, 0.1) is 6.07 Å². The molecule has 66 valence electrons. The Hall–Kier alpha value is -0.680. The standard InChI is InChI=1S/C5H7BrN4O2/c6-3-4(11)8-5(12)10(9-3)2-1-7/h4-5,8,11-12H,2H2. The van der Waals surface area contributed by atoms with Gasteiger partial charge in [-0.15, -0.1) is 0 Å². The van der Waals surface area contributed by atoms with Gasteiger partial charge in [-0.25, -0.2) is 10.3 Å². The van der Waals surface area contributed by atoms with Gasteiger partial charge in [-0.3, -0.25) is 0 Å². The van der Waals surface area contributed by atoms with Gasteiger partial charge < -0.3 is 10.2 Å². The summed E-state index contributed by atoms with van der Waals surface area (Å²) < 4.78 is 0.239. The van der Waals surface area contributed by atoms with Crippen LogP contribution in [-0.4, -0.2) is 39.0 Å². The summed E-state index contributed by atoms with van der Waals surface area (Å²) in [5, 5.41) is 33.7. The first-order valence-electron chi connectivity index (χ1n) is 3.15. The largest absolute Gasteiger partial charge is 0.372 e. The van der Waals surface area contributed by atoms with Crippen molar-refractivity contribution in [3.05, 3.63) is 0 Å². The van der Waals surface area contributed by atoms with Gasteiger partial charge in [0.2, 0.25) is 6.35 Å². The quantitative estimate of drug-likeness (QED) is 0.492. The summed E-state index contributed by atoms with van der Waals surface area (Å²) in [7, 11) is 0. The van der Waals surface area contributed by atoms with Crippen molar-refractivity contribution in [2.45, 2.75) is 12.6 Å². The highest BCUT2D eigenvalue weighted by Gasteiger charge is 2.25. The van der Waals surface area contributed by atoms with E-state index in [0.29, 0.717) is 0 Å². The fraction of sp³-hybridized carbons (Fsp3) is 0.600. The Morgan fingerprint density at radius 1 is 1.75 bits per heavy atom. The molecule has 1 aliphatic heterocycles. The summed E-state index contributed by atoms with van der Waals surface area (Å²) in [6.45, 7) is -0.0456. The predicted molar refractivity (Wildman–Crippen MR) is 43.8 cm³/mol. The normalized spacial score (nSPS) is 29.5. The molecule has 6 nitrogen and oxygen atoms in total. The molecule has 2 atom stereocenters. The number of halogens is 1. The molecule has 1 rings (SSSR count). The first kappa shape index (κ1) is 9.41. The molecule has 0 fully saturated rings. The van der Waals surface area contributed by atoms with Gasteiger partial charge in [-0.05, 0) is 15.9 Å². The van der Waals surface area contributed by atoms with Crippen LogP contribution < -0.4 is 5.32 Å². The highest BCUT2D eigenvalue weighted by atomic mass is 79.9. The van der Waals surface area contributed by atoms with Crippen LogP contribution in [0.2, 0.25) is 0 Å². The van der Waals surface area contributed by atoms with E-state index in [4.69, 9.17) is 15.5 Å². The highest BCUT2D eigenvalue weighted by Crippen LogP contribution is 2.07. The van der Waals surface area contributed by atoms with Crippen LogP contribution in [0.15, 0.2) is 5.10 Å². The Morgan fingerprint density at radius 3 is 3.00 bits per heavy atom. The maximum Gasteiger partial charge on any atom is 0.202 e. The van der Waals surface area contributed by atoms with Crippen molar-refractivity contribution in [2.24, 2.45) is 5.10 Å². The summed E-state index contributed by atoms with van der Waals surface area (Å²) in [6, 6.07) is 1.82. The SMILES string of the molecule is N#CCN1N=C(Br)C(O)NC1O. The molecule has 1 heterocycles. The van der Waals surface area contributed by atoms with Gasteiger partial charge in [-0.2, -0.15) is 10.4 Å². The maximum atomic E-state index is 9.16. The number of rotatable bonds is 1. The monoisotopic (exact) mass is 234 g/mol. The topological polar surface area (TPSA) is 91.9 Å². The zero-order chi connectivity index (χ0) is 9.14. The molecule has 7 heteroatoms. The second kappa shape index (κ2) is 3.82. The fourth-order valence-electron chi connectivity index (χ4n) is 0.722. The Kier molecular flexibility index (Phi) is 2.99. The number of aliphatic hydroxyl groups excluding tert-OH is 2. The minimum Gasteiger partial charge on any atom is -0.372 e. The predicted octanol–water partition coefficient (Wildman–Crippen LogP) is -1.28. The second-order valence-corrected chi connectivity index (χ2v) is 2.93. The number of nitriles is 1. The molecule has 0 bridgehead atoms. The average Bonchev–Trinajstić information content (AvgIpc) is 2.01. The van der Waals surface area contributed by atoms with E-state index in [1.54, 1.807) is 0 Å². The summed E-state index contributed by atoms with van der Waals surface area (Å²) in [6.07, 6.45) is -2.14. The van der Waals surface area contributed by atoms with Crippen LogP contribution in [0.3, 0.4) is 0 Å². The smallest absolute Gasteiger partial charge is 0.202 e. The lowest BCUT2D eigenvalue weighted by Gasteiger charge is -2.30. The van der Waals surface area contributed by atoms with Crippen molar-refractivity contribution in [2.75, 3.05) is 6.54 Å². The molecule has 0 radical (unpaired) electrons. The third-order valence-corrected chi connectivity index (χ3v) is 1.86. The van der Waals surface area contributed by atoms with Gasteiger partial charge in [0.15, 0.2) is 6.23 Å². The van der Waals surface area contributed by atoms with E-state index >= 15 is 0 Å². The Bertz CT molecular complexity index is 238. The molecule has 0 amide bonds. The zero-order valence-electron chi connectivity index (χ0n) is 5.98. The molecule has 2 unspecified atom stereocenters. The lowest BCUT2D eigenvalue weighted by molar-refractivity contribution is -0.0504. The molecule has 1 aliphatic rings. The number of hydrogen-bond acceptors (Lipinski definition) is 6.